The number of aliphatic hydroxyl groups excluding tert-OH is 1. The van der Waals surface area contributed by atoms with Crippen LogP contribution in [0.3, 0.4) is 0 Å². The van der Waals surface area contributed by atoms with Crippen molar-refractivity contribution in [3.05, 3.63) is 22.3 Å². The number of amides is 1. The molecule has 1 rings (SSSR count). The fourth-order valence-corrected chi connectivity index (χ4v) is 2.10. The smallest absolute Gasteiger partial charge is 0.222 e. The van der Waals surface area contributed by atoms with Crippen LogP contribution in [0.15, 0.2) is 22.3 Å². The van der Waals surface area contributed by atoms with Crippen molar-refractivity contribution in [3.8, 4) is 0 Å². The molecule has 0 bridgehead atoms. The van der Waals surface area contributed by atoms with Gasteiger partial charge in [0.25, 0.3) is 0 Å². The Bertz CT molecular complexity index is 500. The van der Waals surface area contributed by atoms with Gasteiger partial charge in [-0.15, -0.1) is 0 Å². The average Bonchev–Trinajstić information content (AvgIpc) is 2.38. The Hall–Kier alpha value is -1.75. The number of nitrogens with two attached hydrogens (primary N) is 1. The molecule has 0 spiro atoms. The highest BCUT2D eigenvalue weighted by Gasteiger charge is 2.28. The maximum absolute atomic E-state index is 12.1. The molecule has 1 amide bonds. The average molecular weight is 265 g/mol. The van der Waals surface area contributed by atoms with Crippen LogP contribution in [0.1, 0.15) is 33.6 Å². The number of ketones is 2. The molecule has 0 aromatic heterocycles. The van der Waals surface area contributed by atoms with Crippen LogP contribution in [-0.4, -0.2) is 29.2 Å². The molecule has 1 aliphatic carbocycles. The van der Waals surface area contributed by atoms with Crippen LogP contribution in [0.5, 0.6) is 0 Å². The molecule has 19 heavy (non-hydrogen) atoms. The minimum atomic E-state index is -0.685. The lowest BCUT2D eigenvalue weighted by atomic mass is 9.83. The van der Waals surface area contributed by atoms with Gasteiger partial charge >= 0.3 is 0 Å². The molecule has 0 aromatic carbocycles. The Kier molecular flexibility index (Phi) is 4.78. The second-order valence-electron chi connectivity index (χ2n) is 4.83. The molecule has 3 N–H and O–H groups in total. The van der Waals surface area contributed by atoms with Gasteiger partial charge in [-0.05, 0) is 33.6 Å². The molecular formula is C14H19NO4. The second kappa shape index (κ2) is 5.93. The first-order valence-corrected chi connectivity index (χ1v) is 6.18. The first kappa shape index (κ1) is 15.3. The van der Waals surface area contributed by atoms with E-state index in [1.165, 1.54) is 0 Å². The van der Waals surface area contributed by atoms with Crippen LogP contribution >= 0.6 is 0 Å². The van der Waals surface area contributed by atoms with Gasteiger partial charge in [0.15, 0.2) is 11.6 Å². The van der Waals surface area contributed by atoms with Gasteiger partial charge in [-0.3, -0.25) is 14.4 Å². The lowest BCUT2D eigenvalue weighted by Gasteiger charge is -2.19. The van der Waals surface area contributed by atoms with E-state index in [0.717, 1.165) is 0 Å². The number of carbonyl (C=O) groups is 3. The predicted octanol–water partition coefficient (Wildman–Crippen LogP) is 0.665. The van der Waals surface area contributed by atoms with E-state index in [2.05, 4.69) is 0 Å². The highest BCUT2D eigenvalue weighted by molar-refractivity contribution is 6.24. The Balaban J connectivity index is 2.92. The summed E-state index contributed by atoms with van der Waals surface area (Å²) in [4.78, 5) is 35.1. The minimum Gasteiger partial charge on any atom is -0.396 e. The summed E-state index contributed by atoms with van der Waals surface area (Å²) in [5.74, 6) is -1.57. The first-order valence-electron chi connectivity index (χ1n) is 6.18. The van der Waals surface area contributed by atoms with Gasteiger partial charge in [0.1, 0.15) is 0 Å². The molecule has 1 atom stereocenters. The molecule has 0 aliphatic heterocycles. The van der Waals surface area contributed by atoms with Crippen molar-refractivity contribution in [1.82, 2.24) is 0 Å². The fraction of sp³-hybridized carbons (Fsp3) is 0.500. The zero-order valence-corrected chi connectivity index (χ0v) is 11.4. The summed E-state index contributed by atoms with van der Waals surface area (Å²) in [6.07, 6.45) is 0.541. The number of hydrogen-bond donors (Lipinski definition) is 2. The molecule has 0 saturated carbocycles. The third kappa shape index (κ3) is 2.98. The van der Waals surface area contributed by atoms with Crippen molar-refractivity contribution < 1.29 is 19.5 Å². The quantitative estimate of drug-likeness (QED) is 0.714. The van der Waals surface area contributed by atoms with Gasteiger partial charge in [0, 0.05) is 22.3 Å². The van der Waals surface area contributed by atoms with E-state index < -0.39 is 11.8 Å². The second-order valence-corrected chi connectivity index (χ2v) is 4.83. The Morgan fingerprint density at radius 1 is 1.11 bits per heavy atom. The van der Waals surface area contributed by atoms with E-state index in [0.29, 0.717) is 22.3 Å². The van der Waals surface area contributed by atoms with Gasteiger partial charge in [0.2, 0.25) is 5.91 Å². The monoisotopic (exact) mass is 265 g/mol. The molecule has 0 saturated heterocycles. The number of allylic oxidation sites excluding steroid dienone is 4. The largest absolute Gasteiger partial charge is 0.396 e. The minimum absolute atomic E-state index is 0.133. The van der Waals surface area contributed by atoms with Crippen LogP contribution in [0, 0.1) is 5.92 Å². The van der Waals surface area contributed by atoms with E-state index in [4.69, 9.17) is 10.8 Å². The zero-order valence-electron chi connectivity index (χ0n) is 11.4. The van der Waals surface area contributed by atoms with E-state index >= 15 is 0 Å². The van der Waals surface area contributed by atoms with Gasteiger partial charge in [-0.1, -0.05) is 0 Å². The number of aliphatic hydroxyl groups is 1. The lowest BCUT2D eigenvalue weighted by Crippen LogP contribution is -2.27. The van der Waals surface area contributed by atoms with Crippen molar-refractivity contribution in [1.29, 1.82) is 0 Å². The summed E-state index contributed by atoms with van der Waals surface area (Å²) in [5.41, 5.74) is 6.90. The third-order valence-corrected chi connectivity index (χ3v) is 3.68. The van der Waals surface area contributed by atoms with Crippen LogP contribution in [0.4, 0.5) is 0 Å². The van der Waals surface area contributed by atoms with Crippen molar-refractivity contribution in [2.24, 2.45) is 11.7 Å². The molecule has 0 fully saturated rings. The summed E-state index contributed by atoms with van der Waals surface area (Å²) < 4.78 is 0. The predicted molar refractivity (Wildman–Crippen MR) is 70.1 cm³/mol. The van der Waals surface area contributed by atoms with E-state index in [-0.39, 0.29) is 31.0 Å². The van der Waals surface area contributed by atoms with Crippen LogP contribution in [0.2, 0.25) is 0 Å². The van der Waals surface area contributed by atoms with Crippen molar-refractivity contribution in [2.75, 3.05) is 6.61 Å². The van der Waals surface area contributed by atoms with E-state index in [1.54, 1.807) is 20.8 Å². The molecule has 5 nitrogen and oxygen atoms in total. The summed E-state index contributed by atoms with van der Waals surface area (Å²) in [6, 6.07) is 0. The first-order chi connectivity index (χ1) is 8.81. The van der Waals surface area contributed by atoms with Gasteiger partial charge < -0.3 is 10.8 Å². The highest BCUT2D eigenvalue weighted by Crippen LogP contribution is 2.27. The topological polar surface area (TPSA) is 97.5 Å². The van der Waals surface area contributed by atoms with Crippen LogP contribution in [0.25, 0.3) is 0 Å². The summed E-state index contributed by atoms with van der Waals surface area (Å²) in [6.45, 7) is 4.52. The highest BCUT2D eigenvalue weighted by atomic mass is 16.3. The molecule has 0 unspecified atom stereocenters. The normalized spacial score (nSPS) is 18.1. The van der Waals surface area contributed by atoms with Crippen molar-refractivity contribution in [3.63, 3.8) is 0 Å². The maximum Gasteiger partial charge on any atom is 0.222 e. The molecule has 1 aliphatic rings. The lowest BCUT2D eigenvalue weighted by molar-refractivity contribution is -0.123. The molecular weight excluding hydrogens is 246 g/mol. The summed E-state index contributed by atoms with van der Waals surface area (Å²) in [7, 11) is 0. The standard InChI is InChI=1S/C14H19NO4/c1-7-8(2)13(18)11(9(3)12(7)17)5-4-10(6-16)14(15)19/h10,16H,4-6H2,1-3H3,(H2,15,19)/t10-/m1/s1. The maximum atomic E-state index is 12.1. The van der Waals surface area contributed by atoms with Gasteiger partial charge in [0.05, 0.1) is 12.5 Å². The van der Waals surface area contributed by atoms with Gasteiger partial charge in [-0.2, -0.15) is 0 Å². The summed E-state index contributed by atoms with van der Waals surface area (Å²) in [5, 5.41) is 9.03. The SMILES string of the molecule is CC1=C(C)C(=O)C(CC[C@H](CO)C(N)=O)=C(C)C1=O. The van der Waals surface area contributed by atoms with Crippen LogP contribution < -0.4 is 5.73 Å². The zero-order chi connectivity index (χ0) is 14.7. The third-order valence-electron chi connectivity index (χ3n) is 3.68. The van der Waals surface area contributed by atoms with Crippen molar-refractivity contribution >= 4 is 17.5 Å². The number of Topliss-reactive ketones (excluding diaryl/α,β-unsaturated/α-hetero) is 2. The van der Waals surface area contributed by atoms with Crippen LogP contribution in [-0.2, 0) is 14.4 Å². The number of hydrogen-bond acceptors (Lipinski definition) is 4. The van der Waals surface area contributed by atoms with Gasteiger partial charge in [-0.25, -0.2) is 0 Å². The molecule has 0 aromatic rings. The molecule has 104 valence electrons. The molecule has 5 heteroatoms. The number of carbonyl (C=O) groups excluding carboxylic acids is 3. The van der Waals surface area contributed by atoms with E-state index in [1.807, 2.05) is 0 Å². The summed E-state index contributed by atoms with van der Waals surface area (Å²) >= 11 is 0. The Labute approximate surface area is 112 Å². The Morgan fingerprint density at radius 2 is 1.63 bits per heavy atom. The molecule has 0 radical (unpaired) electrons. The fourth-order valence-electron chi connectivity index (χ4n) is 2.10. The molecule has 0 heterocycles. The number of rotatable bonds is 5. The Morgan fingerprint density at radius 3 is 2.11 bits per heavy atom. The van der Waals surface area contributed by atoms with E-state index in [9.17, 15) is 14.4 Å². The van der Waals surface area contributed by atoms with Crippen molar-refractivity contribution in [2.45, 2.75) is 33.6 Å². The number of primary amides is 1.